The Labute approximate surface area is 129 Å². The first-order valence-electron chi connectivity index (χ1n) is 6.96. The van der Waals surface area contributed by atoms with Gasteiger partial charge in [-0.3, -0.25) is 0 Å². The smallest absolute Gasteiger partial charge is 0.136 e. The summed E-state index contributed by atoms with van der Waals surface area (Å²) in [5, 5.41) is -0.0120. The number of methoxy groups -OCH3 is 1. The van der Waals surface area contributed by atoms with Gasteiger partial charge in [-0.05, 0) is 36.2 Å². The number of benzene rings is 2. The van der Waals surface area contributed by atoms with Crippen molar-refractivity contribution in [2.75, 3.05) is 7.11 Å². The van der Waals surface area contributed by atoms with Crippen molar-refractivity contribution < 1.29 is 9.13 Å². The van der Waals surface area contributed by atoms with Gasteiger partial charge in [0.1, 0.15) is 11.6 Å². The molecule has 112 valence electrons. The molecule has 0 fully saturated rings. The molecule has 2 atom stereocenters. The Balaban J connectivity index is 2.32. The Hall–Kier alpha value is -1.52. The van der Waals surface area contributed by atoms with Crippen molar-refractivity contribution in [2.45, 2.75) is 29.5 Å². The summed E-state index contributed by atoms with van der Waals surface area (Å²) in [6.07, 6.45) is 0.823. The highest BCUT2D eigenvalue weighted by Gasteiger charge is 2.21. The summed E-state index contributed by atoms with van der Waals surface area (Å²) in [5.74, 6) is 0.577. The molecular formula is C17H20FNOS. The van der Waals surface area contributed by atoms with Crippen molar-refractivity contribution in [3.63, 3.8) is 0 Å². The van der Waals surface area contributed by atoms with Gasteiger partial charge in [-0.2, -0.15) is 0 Å². The maximum absolute atomic E-state index is 13.9. The minimum Gasteiger partial charge on any atom is -0.497 e. The zero-order chi connectivity index (χ0) is 15.2. The van der Waals surface area contributed by atoms with Crippen LogP contribution in [0.5, 0.6) is 5.75 Å². The zero-order valence-corrected chi connectivity index (χ0v) is 13.1. The van der Waals surface area contributed by atoms with Crippen LogP contribution < -0.4 is 10.5 Å². The predicted octanol–water partition coefficient (Wildman–Crippen LogP) is 4.41. The molecule has 0 aliphatic carbocycles. The average Bonchev–Trinajstić information content (AvgIpc) is 2.53. The normalized spacial score (nSPS) is 13.7. The maximum Gasteiger partial charge on any atom is 0.136 e. The second-order valence-corrected chi connectivity index (χ2v) is 6.00. The van der Waals surface area contributed by atoms with Crippen LogP contribution in [-0.2, 0) is 0 Å². The van der Waals surface area contributed by atoms with Gasteiger partial charge in [-0.25, -0.2) is 4.39 Å². The lowest BCUT2D eigenvalue weighted by Gasteiger charge is -2.23. The molecule has 0 saturated heterocycles. The van der Waals surface area contributed by atoms with Crippen molar-refractivity contribution in [1.82, 2.24) is 0 Å². The van der Waals surface area contributed by atoms with Crippen LogP contribution >= 0.6 is 11.8 Å². The third-order valence-corrected chi connectivity index (χ3v) is 4.83. The van der Waals surface area contributed by atoms with E-state index in [0.717, 1.165) is 17.7 Å². The van der Waals surface area contributed by atoms with Crippen LogP contribution in [0.3, 0.4) is 0 Å². The Kier molecular flexibility index (Phi) is 5.65. The lowest BCUT2D eigenvalue weighted by atomic mass is 10.0. The van der Waals surface area contributed by atoms with Gasteiger partial charge in [0.05, 0.1) is 7.11 Å². The monoisotopic (exact) mass is 305 g/mol. The van der Waals surface area contributed by atoms with E-state index >= 15 is 0 Å². The first kappa shape index (κ1) is 15.9. The quantitative estimate of drug-likeness (QED) is 0.803. The van der Waals surface area contributed by atoms with E-state index in [4.69, 9.17) is 10.5 Å². The van der Waals surface area contributed by atoms with Crippen molar-refractivity contribution in [3.8, 4) is 5.75 Å². The minimum absolute atomic E-state index is 0.0120. The minimum atomic E-state index is -0.210. The lowest BCUT2D eigenvalue weighted by Crippen LogP contribution is -2.25. The molecule has 0 heterocycles. The molecule has 0 aromatic heterocycles. The number of hydrogen-bond donors (Lipinski definition) is 1. The molecular weight excluding hydrogens is 285 g/mol. The second-order valence-electron chi connectivity index (χ2n) is 4.82. The highest BCUT2D eigenvalue weighted by Crippen LogP contribution is 2.39. The molecule has 2 N–H and O–H groups in total. The first-order chi connectivity index (χ1) is 10.2. The van der Waals surface area contributed by atoms with Gasteiger partial charge in [0.25, 0.3) is 0 Å². The van der Waals surface area contributed by atoms with Gasteiger partial charge in [-0.1, -0.05) is 31.2 Å². The van der Waals surface area contributed by atoms with Crippen molar-refractivity contribution in [2.24, 2.45) is 5.73 Å². The van der Waals surface area contributed by atoms with Crippen LogP contribution in [0.4, 0.5) is 4.39 Å². The van der Waals surface area contributed by atoms with E-state index in [1.807, 2.05) is 37.3 Å². The molecule has 0 radical (unpaired) electrons. The van der Waals surface area contributed by atoms with Gasteiger partial charge >= 0.3 is 0 Å². The Morgan fingerprint density at radius 3 is 2.62 bits per heavy atom. The van der Waals surface area contributed by atoms with E-state index in [-0.39, 0.29) is 17.1 Å². The zero-order valence-electron chi connectivity index (χ0n) is 12.3. The van der Waals surface area contributed by atoms with Crippen LogP contribution in [0.15, 0.2) is 53.4 Å². The Morgan fingerprint density at radius 1 is 1.19 bits per heavy atom. The van der Waals surface area contributed by atoms with E-state index in [2.05, 4.69) is 0 Å². The molecule has 0 saturated carbocycles. The molecule has 2 nitrogen and oxygen atoms in total. The molecule has 2 aromatic rings. The predicted molar refractivity (Wildman–Crippen MR) is 86.3 cm³/mol. The van der Waals surface area contributed by atoms with E-state index in [9.17, 15) is 4.39 Å². The van der Waals surface area contributed by atoms with Crippen LogP contribution in [0.1, 0.15) is 24.2 Å². The molecule has 2 aromatic carbocycles. The average molecular weight is 305 g/mol. The van der Waals surface area contributed by atoms with E-state index in [0.29, 0.717) is 4.90 Å². The standard InChI is InChI=1S/C17H20FNOS/c1-3-15(19)17(12-7-6-8-13(11-12)20-2)21-16-10-5-4-9-14(16)18/h4-11,15,17H,3,19H2,1-2H3. The second kappa shape index (κ2) is 7.48. The van der Waals surface area contributed by atoms with Crippen molar-refractivity contribution in [3.05, 3.63) is 59.9 Å². The van der Waals surface area contributed by atoms with Crippen LogP contribution in [0, 0.1) is 5.82 Å². The molecule has 0 bridgehead atoms. The van der Waals surface area contributed by atoms with Crippen LogP contribution in [0.2, 0.25) is 0 Å². The SMILES string of the molecule is CCC(N)C(Sc1ccccc1F)c1cccc(OC)c1. The van der Waals surface area contributed by atoms with E-state index < -0.39 is 0 Å². The summed E-state index contributed by atoms with van der Waals surface area (Å²) >= 11 is 1.46. The highest BCUT2D eigenvalue weighted by atomic mass is 32.2. The maximum atomic E-state index is 13.9. The summed E-state index contributed by atoms with van der Waals surface area (Å²) < 4.78 is 19.2. The van der Waals surface area contributed by atoms with E-state index in [1.54, 1.807) is 19.2 Å². The molecule has 4 heteroatoms. The summed E-state index contributed by atoms with van der Waals surface area (Å²) in [5.41, 5.74) is 7.31. The molecule has 0 aliphatic rings. The van der Waals surface area contributed by atoms with Crippen LogP contribution in [0.25, 0.3) is 0 Å². The van der Waals surface area contributed by atoms with Gasteiger partial charge in [-0.15, -0.1) is 11.8 Å². The topological polar surface area (TPSA) is 35.2 Å². The molecule has 21 heavy (non-hydrogen) atoms. The molecule has 0 amide bonds. The lowest BCUT2D eigenvalue weighted by molar-refractivity contribution is 0.414. The molecule has 0 spiro atoms. The van der Waals surface area contributed by atoms with Crippen molar-refractivity contribution >= 4 is 11.8 Å². The van der Waals surface area contributed by atoms with Gasteiger partial charge in [0.2, 0.25) is 0 Å². The molecule has 0 aliphatic heterocycles. The van der Waals surface area contributed by atoms with Crippen LogP contribution in [-0.4, -0.2) is 13.2 Å². The van der Waals surface area contributed by atoms with Gasteiger partial charge in [0, 0.05) is 16.2 Å². The molecule has 2 rings (SSSR count). The summed E-state index contributed by atoms with van der Waals surface area (Å²) in [7, 11) is 1.64. The number of rotatable bonds is 6. The Morgan fingerprint density at radius 2 is 1.95 bits per heavy atom. The number of thioether (sulfide) groups is 1. The summed E-state index contributed by atoms with van der Waals surface area (Å²) in [4.78, 5) is 0.620. The fraction of sp³-hybridized carbons (Fsp3) is 0.294. The largest absolute Gasteiger partial charge is 0.497 e. The van der Waals surface area contributed by atoms with Crippen molar-refractivity contribution in [1.29, 1.82) is 0 Å². The number of nitrogens with two attached hydrogens (primary N) is 1. The summed E-state index contributed by atoms with van der Waals surface area (Å²) in [6, 6.07) is 14.5. The Bertz CT molecular complexity index is 591. The van der Waals surface area contributed by atoms with Gasteiger partial charge < -0.3 is 10.5 Å². The molecule has 2 unspecified atom stereocenters. The van der Waals surface area contributed by atoms with Gasteiger partial charge in [0.15, 0.2) is 0 Å². The number of ether oxygens (including phenoxy) is 1. The summed E-state index contributed by atoms with van der Waals surface area (Å²) in [6.45, 7) is 2.04. The number of halogens is 1. The fourth-order valence-electron chi connectivity index (χ4n) is 2.11. The highest BCUT2D eigenvalue weighted by molar-refractivity contribution is 7.99. The first-order valence-corrected chi connectivity index (χ1v) is 7.84. The third kappa shape index (κ3) is 3.99. The number of hydrogen-bond acceptors (Lipinski definition) is 3. The van der Waals surface area contributed by atoms with E-state index in [1.165, 1.54) is 17.8 Å². The fourth-order valence-corrected chi connectivity index (χ4v) is 3.37. The third-order valence-electron chi connectivity index (χ3n) is 3.37.